The minimum absolute atomic E-state index is 0.114. The van der Waals surface area contributed by atoms with Crippen molar-refractivity contribution in [2.24, 2.45) is 11.3 Å². The van der Waals surface area contributed by atoms with E-state index in [2.05, 4.69) is 20.4 Å². The Hall–Kier alpha value is -1.31. The van der Waals surface area contributed by atoms with Crippen molar-refractivity contribution in [1.82, 2.24) is 0 Å². The zero-order valence-electron chi connectivity index (χ0n) is 13.0. The molecular formula is C17H28O2. The molecule has 0 aliphatic rings. The van der Waals surface area contributed by atoms with E-state index in [9.17, 15) is 4.79 Å². The monoisotopic (exact) mass is 264 g/mol. The van der Waals surface area contributed by atoms with Gasteiger partial charge in [0.2, 0.25) is 0 Å². The Morgan fingerprint density at radius 3 is 2.47 bits per heavy atom. The van der Waals surface area contributed by atoms with Crippen molar-refractivity contribution in [2.75, 3.05) is 6.61 Å². The normalized spacial score (nSPS) is 15.6. The van der Waals surface area contributed by atoms with E-state index >= 15 is 0 Å². The summed E-state index contributed by atoms with van der Waals surface area (Å²) in [6.45, 7) is 14.2. The highest BCUT2D eigenvalue weighted by Gasteiger charge is 2.33. The average molecular weight is 264 g/mol. The molecule has 0 rings (SSSR count). The second-order valence-corrected chi connectivity index (χ2v) is 5.56. The molecule has 19 heavy (non-hydrogen) atoms. The van der Waals surface area contributed by atoms with Crippen molar-refractivity contribution >= 4 is 5.97 Å². The Bertz CT molecular complexity index is 350. The zero-order chi connectivity index (χ0) is 14.9. The van der Waals surface area contributed by atoms with Gasteiger partial charge in [0.15, 0.2) is 0 Å². The fraction of sp³-hybridized carbons (Fsp3) is 0.588. The predicted octanol–water partition coefficient (Wildman–Crippen LogP) is 4.68. The van der Waals surface area contributed by atoms with Crippen molar-refractivity contribution < 1.29 is 9.53 Å². The maximum atomic E-state index is 12.2. The summed E-state index contributed by atoms with van der Waals surface area (Å²) in [5, 5.41) is 0. The molecule has 108 valence electrons. The number of rotatable bonds is 8. The molecule has 1 atom stereocenters. The molecule has 0 N–H and O–H groups in total. The van der Waals surface area contributed by atoms with Gasteiger partial charge in [-0.2, -0.15) is 0 Å². The highest BCUT2D eigenvalue weighted by molar-refractivity contribution is 5.76. The molecule has 0 aliphatic carbocycles. The van der Waals surface area contributed by atoms with Crippen LogP contribution < -0.4 is 0 Å². The number of carbonyl (C=O) groups excluding carboxylic acids is 1. The lowest BCUT2D eigenvalue weighted by atomic mass is 9.80. The Balaban J connectivity index is 4.62. The fourth-order valence-electron chi connectivity index (χ4n) is 1.99. The fourth-order valence-corrected chi connectivity index (χ4v) is 1.99. The molecule has 0 aromatic rings. The van der Waals surface area contributed by atoms with Crippen LogP contribution in [-0.2, 0) is 9.53 Å². The number of hydrogen-bond acceptors (Lipinski definition) is 2. The topological polar surface area (TPSA) is 26.3 Å². The first-order valence-electron chi connectivity index (χ1n) is 7.01. The lowest BCUT2D eigenvalue weighted by Crippen LogP contribution is -2.31. The smallest absolute Gasteiger partial charge is 0.312 e. The number of esters is 1. The van der Waals surface area contributed by atoms with E-state index in [1.54, 1.807) is 6.08 Å². The van der Waals surface area contributed by atoms with E-state index in [0.29, 0.717) is 12.5 Å². The van der Waals surface area contributed by atoms with E-state index in [1.807, 2.05) is 39.0 Å². The Kier molecular flexibility index (Phi) is 8.13. The van der Waals surface area contributed by atoms with E-state index in [1.165, 1.54) is 0 Å². The third-order valence-corrected chi connectivity index (χ3v) is 3.27. The van der Waals surface area contributed by atoms with E-state index in [-0.39, 0.29) is 11.4 Å². The van der Waals surface area contributed by atoms with E-state index in [4.69, 9.17) is 4.74 Å². The third-order valence-electron chi connectivity index (χ3n) is 3.27. The minimum atomic E-state index is -0.388. The Labute approximate surface area is 118 Å². The van der Waals surface area contributed by atoms with Crippen molar-refractivity contribution in [3.63, 3.8) is 0 Å². The van der Waals surface area contributed by atoms with Crippen LogP contribution in [0.5, 0.6) is 0 Å². The third kappa shape index (κ3) is 6.42. The van der Waals surface area contributed by atoms with Crippen LogP contribution in [0.1, 0.15) is 47.5 Å². The van der Waals surface area contributed by atoms with Gasteiger partial charge in [-0.1, -0.05) is 51.7 Å². The second kappa shape index (κ2) is 8.73. The van der Waals surface area contributed by atoms with Gasteiger partial charge in [-0.25, -0.2) is 0 Å². The first kappa shape index (κ1) is 17.7. The summed E-state index contributed by atoms with van der Waals surface area (Å²) in [7, 11) is 0. The molecule has 0 bridgehead atoms. The molecule has 2 heteroatoms. The standard InChI is InChI=1S/C17H28O2/c1-7-10-11-15(8-2)13-19-16(18)17(6,9-3)12-14(4)5/h7-8,10-11,14H,2,9,12-13H2,1,3-6H3/b10-7-,15-11+. The van der Waals surface area contributed by atoms with Gasteiger partial charge in [0, 0.05) is 0 Å². The van der Waals surface area contributed by atoms with Gasteiger partial charge in [0.1, 0.15) is 6.61 Å². The van der Waals surface area contributed by atoms with Crippen LogP contribution in [0.15, 0.2) is 36.5 Å². The molecule has 0 aromatic carbocycles. The molecular weight excluding hydrogens is 236 g/mol. The predicted molar refractivity (Wildman–Crippen MR) is 81.9 cm³/mol. The van der Waals surface area contributed by atoms with Crippen molar-refractivity contribution in [2.45, 2.75) is 47.5 Å². The van der Waals surface area contributed by atoms with Crippen LogP contribution in [0.25, 0.3) is 0 Å². The van der Waals surface area contributed by atoms with E-state index < -0.39 is 0 Å². The molecule has 0 aliphatic heterocycles. The Morgan fingerprint density at radius 2 is 2.05 bits per heavy atom. The lowest BCUT2D eigenvalue weighted by Gasteiger charge is -2.27. The summed E-state index contributed by atoms with van der Waals surface area (Å²) < 4.78 is 5.44. The molecule has 0 heterocycles. The highest BCUT2D eigenvalue weighted by atomic mass is 16.5. The van der Waals surface area contributed by atoms with Gasteiger partial charge in [-0.3, -0.25) is 4.79 Å². The summed E-state index contributed by atoms with van der Waals surface area (Å²) in [6.07, 6.45) is 9.12. The number of hydrogen-bond donors (Lipinski definition) is 0. The highest BCUT2D eigenvalue weighted by Crippen LogP contribution is 2.31. The summed E-state index contributed by atoms with van der Waals surface area (Å²) in [5.74, 6) is 0.367. The van der Waals surface area contributed by atoms with Gasteiger partial charge in [0.05, 0.1) is 5.41 Å². The van der Waals surface area contributed by atoms with Crippen LogP contribution in [0.3, 0.4) is 0 Å². The molecule has 0 radical (unpaired) electrons. The van der Waals surface area contributed by atoms with Gasteiger partial charge in [-0.05, 0) is 38.2 Å². The maximum Gasteiger partial charge on any atom is 0.312 e. The molecule has 0 aromatic heterocycles. The number of allylic oxidation sites excluding steroid dienone is 3. The van der Waals surface area contributed by atoms with Crippen molar-refractivity contribution in [3.8, 4) is 0 Å². The van der Waals surface area contributed by atoms with Crippen molar-refractivity contribution in [1.29, 1.82) is 0 Å². The molecule has 0 fully saturated rings. The molecule has 0 saturated carbocycles. The van der Waals surface area contributed by atoms with Crippen LogP contribution >= 0.6 is 0 Å². The first-order valence-corrected chi connectivity index (χ1v) is 7.01. The summed E-state index contributed by atoms with van der Waals surface area (Å²) in [4.78, 5) is 12.2. The summed E-state index contributed by atoms with van der Waals surface area (Å²) >= 11 is 0. The number of carbonyl (C=O) groups is 1. The van der Waals surface area contributed by atoms with Crippen LogP contribution in [0.2, 0.25) is 0 Å². The van der Waals surface area contributed by atoms with E-state index in [0.717, 1.165) is 18.4 Å². The minimum Gasteiger partial charge on any atom is -0.460 e. The van der Waals surface area contributed by atoms with Gasteiger partial charge >= 0.3 is 5.97 Å². The van der Waals surface area contributed by atoms with Crippen LogP contribution in [0.4, 0.5) is 0 Å². The SMILES string of the molecule is C=C/C(=C\C=C/C)COC(=O)C(C)(CC)CC(C)C. The maximum absolute atomic E-state index is 12.2. The summed E-state index contributed by atoms with van der Waals surface area (Å²) in [6, 6.07) is 0. The molecule has 0 amide bonds. The molecule has 0 spiro atoms. The van der Waals surface area contributed by atoms with Crippen LogP contribution in [0, 0.1) is 11.3 Å². The van der Waals surface area contributed by atoms with Gasteiger partial charge in [-0.15, -0.1) is 0 Å². The lowest BCUT2D eigenvalue weighted by molar-refractivity contribution is -0.155. The largest absolute Gasteiger partial charge is 0.460 e. The zero-order valence-corrected chi connectivity index (χ0v) is 13.0. The quantitative estimate of drug-likeness (QED) is 0.470. The number of ether oxygens (including phenoxy) is 1. The van der Waals surface area contributed by atoms with Gasteiger partial charge < -0.3 is 4.74 Å². The van der Waals surface area contributed by atoms with Gasteiger partial charge in [0.25, 0.3) is 0 Å². The first-order chi connectivity index (χ1) is 8.89. The van der Waals surface area contributed by atoms with Crippen molar-refractivity contribution in [3.05, 3.63) is 36.5 Å². The molecule has 2 nitrogen and oxygen atoms in total. The molecule has 0 saturated heterocycles. The van der Waals surface area contributed by atoms with Crippen LogP contribution in [-0.4, -0.2) is 12.6 Å². The second-order valence-electron chi connectivity index (χ2n) is 5.56. The average Bonchev–Trinajstić information content (AvgIpc) is 2.37. The summed E-state index contributed by atoms with van der Waals surface area (Å²) in [5.41, 5.74) is 0.524. The Morgan fingerprint density at radius 1 is 1.42 bits per heavy atom. The molecule has 1 unspecified atom stereocenters.